The third-order valence-electron chi connectivity index (χ3n) is 6.55. The van der Waals surface area contributed by atoms with Crippen LogP contribution in [0.25, 0.3) is 0 Å². The van der Waals surface area contributed by atoms with Crippen LogP contribution in [0.2, 0.25) is 0 Å². The zero-order valence-corrected chi connectivity index (χ0v) is 21.6. The molecule has 0 unspecified atom stereocenters. The van der Waals surface area contributed by atoms with Gasteiger partial charge in [-0.3, -0.25) is 19.2 Å². The quantitative estimate of drug-likeness (QED) is 0.323. The van der Waals surface area contributed by atoms with E-state index < -0.39 is 66.0 Å². The first-order chi connectivity index (χ1) is 17.4. The highest BCUT2D eigenvalue weighted by atomic mass is 16.7. The second kappa shape index (κ2) is 12.5. The number of aliphatic hydroxyl groups is 1. The van der Waals surface area contributed by atoms with Crippen molar-refractivity contribution in [2.45, 2.75) is 102 Å². The van der Waals surface area contributed by atoms with Crippen LogP contribution in [0.4, 0.5) is 0 Å². The average Bonchev–Trinajstić information content (AvgIpc) is 3.26. The fourth-order valence-electron chi connectivity index (χ4n) is 4.82. The Bertz CT molecular complexity index is 826. The lowest BCUT2D eigenvalue weighted by Gasteiger charge is -2.44. The van der Waals surface area contributed by atoms with Gasteiger partial charge >= 0.3 is 23.9 Å². The first-order valence-corrected chi connectivity index (χ1v) is 12.3. The number of esters is 4. The molecule has 3 aliphatic rings. The van der Waals surface area contributed by atoms with Gasteiger partial charge in [0.25, 0.3) is 0 Å². The molecule has 2 heterocycles. The maximum Gasteiger partial charge on any atom is 0.303 e. The van der Waals surface area contributed by atoms with Crippen LogP contribution in [-0.4, -0.2) is 97.5 Å². The monoisotopic (exact) mass is 532 g/mol. The first kappa shape index (κ1) is 29.2. The fourth-order valence-corrected chi connectivity index (χ4v) is 4.82. The van der Waals surface area contributed by atoms with Crippen LogP contribution >= 0.6 is 0 Å². The predicted octanol–water partition coefficient (Wildman–Crippen LogP) is 0.524. The van der Waals surface area contributed by atoms with Crippen molar-refractivity contribution in [3.05, 3.63) is 0 Å². The van der Waals surface area contributed by atoms with Gasteiger partial charge in [0.15, 0.2) is 30.4 Å². The van der Waals surface area contributed by atoms with Crippen LogP contribution in [0.3, 0.4) is 0 Å². The molecular weight excluding hydrogens is 496 g/mol. The Kier molecular flexibility index (Phi) is 9.86. The lowest BCUT2D eigenvalue weighted by Crippen LogP contribution is -2.63. The molecule has 210 valence electrons. The van der Waals surface area contributed by atoms with Crippen molar-refractivity contribution >= 4 is 23.9 Å². The molecule has 1 spiro atoms. The number of ether oxygens (including phenoxy) is 8. The Morgan fingerprint density at radius 3 is 1.86 bits per heavy atom. The van der Waals surface area contributed by atoms with E-state index >= 15 is 0 Å². The van der Waals surface area contributed by atoms with Gasteiger partial charge < -0.3 is 43.0 Å². The minimum absolute atomic E-state index is 0.00104. The van der Waals surface area contributed by atoms with Crippen LogP contribution in [0.5, 0.6) is 0 Å². The Hall–Kier alpha value is -2.32. The smallest absolute Gasteiger partial charge is 0.303 e. The molecule has 0 aromatic heterocycles. The molecule has 0 bridgehead atoms. The van der Waals surface area contributed by atoms with E-state index in [0.29, 0.717) is 38.9 Å². The van der Waals surface area contributed by atoms with E-state index in [4.69, 9.17) is 37.9 Å². The maximum atomic E-state index is 11.9. The van der Waals surface area contributed by atoms with E-state index in [1.54, 1.807) is 0 Å². The molecule has 13 nitrogen and oxygen atoms in total. The Morgan fingerprint density at radius 1 is 0.784 bits per heavy atom. The molecule has 1 aliphatic carbocycles. The van der Waals surface area contributed by atoms with Crippen molar-refractivity contribution in [3.8, 4) is 0 Å². The molecule has 1 saturated carbocycles. The zero-order valence-electron chi connectivity index (χ0n) is 21.6. The van der Waals surface area contributed by atoms with Gasteiger partial charge in [-0.2, -0.15) is 0 Å². The van der Waals surface area contributed by atoms with Gasteiger partial charge in [-0.05, 0) is 19.3 Å². The highest BCUT2D eigenvalue weighted by Gasteiger charge is 2.53. The van der Waals surface area contributed by atoms with Crippen molar-refractivity contribution in [1.29, 1.82) is 0 Å². The second-order valence-electron chi connectivity index (χ2n) is 9.52. The summed E-state index contributed by atoms with van der Waals surface area (Å²) in [6.45, 7) is 5.36. The summed E-state index contributed by atoms with van der Waals surface area (Å²) in [6.07, 6.45) is -4.04. The van der Waals surface area contributed by atoms with Crippen LogP contribution in [0, 0.1) is 0 Å². The molecule has 37 heavy (non-hydrogen) atoms. The van der Waals surface area contributed by atoms with Crippen molar-refractivity contribution in [2.24, 2.45) is 0 Å². The predicted molar refractivity (Wildman–Crippen MR) is 121 cm³/mol. The number of hydrogen-bond acceptors (Lipinski definition) is 13. The van der Waals surface area contributed by atoms with Crippen molar-refractivity contribution in [1.82, 2.24) is 0 Å². The topological polar surface area (TPSA) is 162 Å². The largest absolute Gasteiger partial charge is 0.463 e. The summed E-state index contributed by atoms with van der Waals surface area (Å²) in [5.41, 5.74) is -1.03. The number of carbonyl (C=O) groups is 4. The molecule has 3 rings (SSSR count). The van der Waals surface area contributed by atoms with E-state index in [2.05, 4.69) is 0 Å². The standard InChI is InChI=1S/C24H36O13/c1-14(25)31-13-18-19(34-15(2)26)20(35-16(3)27)21(36-17(4)28)22(37-18)30-10-9-23(29)5-7-24(8-6-23)32-11-12-33-24/h18-22,29H,5-13H2,1-4H3/t18-,19-,20+,21-,22-/m1/s1. The summed E-state index contributed by atoms with van der Waals surface area (Å²) in [7, 11) is 0. The van der Waals surface area contributed by atoms with Gasteiger partial charge in [-0.1, -0.05) is 0 Å². The molecule has 0 amide bonds. The summed E-state index contributed by atoms with van der Waals surface area (Å²) in [5.74, 6) is -3.40. The molecule has 5 atom stereocenters. The minimum atomic E-state index is -1.31. The Labute approximate surface area is 214 Å². The van der Waals surface area contributed by atoms with E-state index in [1.807, 2.05) is 0 Å². The van der Waals surface area contributed by atoms with Gasteiger partial charge in [0.1, 0.15) is 12.7 Å². The third-order valence-corrected chi connectivity index (χ3v) is 6.55. The molecule has 0 aromatic carbocycles. The molecular formula is C24H36O13. The molecule has 13 heteroatoms. The molecule has 2 saturated heterocycles. The lowest BCUT2D eigenvalue weighted by atomic mass is 9.79. The average molecular weight is 533 g/mol. The summed E-state index contributed by atoms with van der Waals surface area (Å²) < 4.78 is 44.4. The maximum absolute atomic E-state index is 11.9. The van der Waals surface area contributed by atoms with E-state index in [9.17, 15) is 24.3 Å². The number of hydrogen-bond donors (Lipinski definition) is 1. The molecule has 3 fully saturated rings. The second-order valence-corrected chi connectivity index (χ2v) is 9.52. The zero-order chi connectivity index (χ0) is 27.2. The number of rotatable bonds is 9. The van der Waals surface area contributed by atoms with Crippen LogP contribution < -0.4 is 0 Å². The molecule has 1 N–H and O–H groups in total. The normalized spacial score (nSPS) is 30.4. The van der Waals surface area contributed by atoms with E-state index in [0.717, 1.165) is 20.8 Å². The molecule has 2 aliphatic heterocycles. The van der Waals surface area contributed by atoms with Crippen molar-refractivity contribution < 1.29 is 62.2 Å². The summed E-state index contributed by atoms with van der Waals surface area (Å²) >= 11 is 0. The molecule has 0 aromatic rings. The SMILES string of the molecule is CC(=O)OC[C@H]1O[C@@H](OCCC2(O)CCC3(CC2)OCCO3)[C@H](OC(C)=O)[C@@H](OC(C)=O)[C@@H]1OC(C)=O. The number of carbonyl (C=O) groups excluding carboxylic acids is 4. The minimum Gasteiger partial charge on any atom is -0.463 e. The lowest BCUT2D eigenvalue weighted by molar-refractivity contribution is -0.309. The third kappa shape index (κ3) is 8.08. The Morgan fingerprint density at radius 2 is 1.32 bits per heavy atom. The van der Waals surface area contributed by atoms with Crippen molar-refractivity contribution in [2.75, 3.05) is 26.4 Å². The molecule has 0 radical (unpaired) electrons. The van der Waals surface area contributed by atoms with Gasteiger partial charge in [0.2, 0.25) is 0 Å². The van der Waals surface area contributed by atoms with Gasteiger partial charge in [-0.25, -0.2) is 0 Å². The van der Waals surface area contributed by atoms with Crippen LogP contribution in [-0.2, 0) is 57.1 Å². The Balaban J connectivity index is 1.73. The summed E-state index contributed by atoms with van der Waals surface area (Å²) in [6, 6.07) is 0. The van der Waals surface area contributed by atoms with E-state index in [-0.39, 0.29) is 19.6 Å². The summed E-state index contributed by atoms with van der Waals surface area (Å²) in [5, 5.41) is 11.1. The van der Waals surface area contributed by atoms with Gasteiger partial charge in [-0.15, -0.1) is 0 Å². The van der Waals surface area contributed by atoms with Crippen LogP contribution in [0.1, 0.15) is 59.8 Å². The highest BCUT2D eigenvalue weighted by Crippen LogP contribution is 2.41. The summed E-state index contributed by atoms with van der Waals surface area (Å²) in [4.78, 5) is 47.0. The van der Waals surface area contributed by atoms with Gasteiger partial charge in [0.05, 0.1) is 25.4 Å². The fraction of sp³-hybridized carbons (Fsp3) is 0.833. The first-order valence-electron chi connectivity index (χ1n) is 12.3. The van der Waals surface area contributed by atoms with Crippen LogP contribution in [0.15, 0.2) is 0 Å². The van der Waals surface area contributed by atoms with Gasteiger partial charge in [0, 0.05) is 40.5 Å². The highest BCUT2D eigenvalue weighted by molar-refractivity contribution is 5.68. The van der Waals surface area contributed by atoms with E-state index in [1.165, 1.54) is 6.92 Å². The van der Waals surface area contributed by atoms with Crippen molar-refractivity contribution in [3.63, 3.8) is 0 Å².